The first-order valence-corrected chi connectivity index (χ1v) is 17.5. The standard InChI is InChI=1S/C35H68O4/c1-3-5-7-9-11-12-13-14-15-16-17-18-19-24-28-32-35(38)39-33(29-25-21-10-8-6-4-2)30-26-22-20-23-27-31-34(36)37/h33H,3-32H2,1-2H3,(H,36,37). The fourth-order valence-electron chi connectivity index (χ4n) is 5.48. The van der Waals surface area contributed by atoms with E-state index in [0.29, 0.717) is 6.42 Å². The second-order valence-electron chi connectivity index (χ2n) is 12.1. The summed E-state index contributed by atoms with van der Waals surface area (Å²) >= 11 is 0. The molecule has 4 nitrogen and oxygen atoms in total. The molecule has 0 rings (SSSR count). The number of carbonyl (C=O) groups is 2. The second kappa shape index (κ2) is 31.5. The average molecular weight is 553 g/mol. The minimum absolute atomic E-state index is 0.00198. The minimum Gasteiger partial charge on any atom is -0.481 e. The van der Waals surface area contributed by atoms with Crippen LogP contribution in [0.1, 0.15) is 206 Å². The molecule has 1 unspecified atom stereocenters. The Kier molecular flexibility index (Phi) is 30.6. The Labute approximate surface area is 243 Å². The van der Waals surface area contributed by atoms with Crippen molar-refractivity contribution in [3.63, 3.8) is 0 Å². The Bertz CT molecular complexity index is 519. The largest absolute Gasteiger partial charge is 0.481 e. The molecule has 0 aromatic carbocycles. The lowest BCUT2D eigenvalue weighted by Gasteiger charge is -2.18. The van der Waals surface area contributed by atoms with E-state index in [1.54, 1.807) is 0 Å². The molecule has 0 aliphatic rings. The lowest BCUT2D eigenvalue weighted by molar-refractivity contribution is -0.150. The van der Waals surface area contributed by atoms with Crippen molar-refractivity contribution in [3.8, 4) is 0 Å². The first kappa shape index (κ1) is 37.9. The second-order valence-corrected chi connectivity index (χ2v) is 12.1. The SMILES string of the molecule is CCCCCCCCCCCCCCCCCC(=O)OC(CCCCCCCC)CCCCCCCC(=O)O. The van der Waals surface area contributed by atoms with E-state index in [2.05, 4.69) is 13.8 Å². The number of rotatable bonds is 32. The van der Waals surface area contributed by atoms with E-state index in [0.717, 1.165) is 64.2 Å². The van der Waals surface area contributed by atoms with E-state index < -0.39 is 5.97 Å². The number of ether oxygens (including phenoxy) is 1. The molecular weight excluding hydrogens is 484 g/mol. The van der Waals surface area contributed by atoms with Gasteiger partial charge in [-0.1, -0.05) is 155 Å². The van der Waals surface area contributed by atoms with Crippen molar-refractivity contribution >= 4 is 11.9 Å². The van der Waals surface area contributed by atoms with Crippen LogP contribution in [-0.2, 0) is 14.3 Å². The fraction of sp³-hybridized carbons (Fsp3) is 0.943. The first-order valence-electron chi connectivity index (χ1n) is 17.5. The van der Waals surface area contributed by atoms with Gasteiger partial charge in [0.15, 0.2) is 0 Å². The van der Waals surface area contributed by atoms with Crippen molar-refractivity contribution in [1.29, 1.82) is 0 Å². The first-order chi connectivity index (χ1) is 19.1. The molecule has 0 spiro atoms. The highest BCUT2D eigenvalue weighted by atomic mass is 16.5. The summed E-state index contributed by atoms with van der Waals surface area (Å²) < 4.78 is 5.94. The van der Waals surface area contributed by atoms with Crippen molar-refractivity contribution in [3.05, 3.63) is 0 Å². The van der Waals surface area contributed by atoms with Gasteiger partial charge in [-0.15, -0.1) is 0 Å². The van der Waals surface area contributed by atoms with Gasteiger partial charge >= 0.3 is 11.9 Å². The number of hydrogen-bond acceptors (Lipinski definition) is 3. The summed E-state index contributed by atoms with van der Waals surface area (Å²) in [5.74, 6) is -0.697. The monoisotopic (exact) mass is 553 g/mol. The summed E-state index contributed by atoms with van der Waals surface area (Å²) in [5.41, 5.74) is 0. The van der Waals surface area contributed by atoms with E-state index in [1.165, 1.54) is 116 Å². The van der Waals surface area contributed by atoms with Crippen molar-refractivity contribution in [2.24, 2.45) is 0 Å². The van der Waals surface area contributed by atoms with Gasteiger partial charge in [-0.25, -0.2) is 0 Å². The highest BCUT2D eigenvalue weighted by Gasteiger charge is 2.14. The highest BCUT2D eigenvalue weighted by molar-refractivity contribution is 5.69. The smallest absolute Gasteiger partial charge is 0.306 e. The molecule has 0 heterocycles. The third-order valence-corrected chi connectivity index (χ3v) is 8.08. The maximum Gasteiger partial charge on any atom is 0.306 e. The zero-order valence-electron chi connectivity index (χ0n) is 26.5. The average Bonchev–Trinajstić information content (AvgIpc) is 2.91. The van der Waals surface area contributed by atoms with Gasteiger partial charge in [-0.2, -0.15) is 0 Å². The predicted octanol–water partition coefficient (Wildman–Crippen LogP) is 11.7. The number of carboxylic acids is 1. The molecule has 4 heteroatoms. The molecule has 232 valence electrons. The normalized spacial score (nSPS) is 12.1. The maximum absolute atomic E-state index is 12.5. The van der Waals surface area contributed by atoms with Crippen LogP contribution in [0.15, 0.2) is 0 Å². The Morgan fingerprint density at radius 2 is 0.769 bits per heavy atom. The van der Waals surface area contributed by atoms with E-state index in [9.17, 15) is 9.59 Å². The molecule has 0 fully saturated rings. The number of esters is 1. The summed E-state index contributed by atoms with van der Waals surface area (Å²) in [4.78, 5) is 23.2. The molecule has 0 radical (unpaired) electrons. The quantitative estimate of drug-likeness (QED) is 0.0665. The van der Waals surface area contributed by atoms with Crippen LogP contribution < -0.4 is 0 Å². The van der Waals surface area contributed by atoms with Gasteiger partial charge in [0.2, 0.25) is 0 Å². The number of aliphatic carboxylic acids is 1. The van der Waals surface area contributed by atoms with Gasteiger partial charge in [-0.3, -0.25) is 9.59 Å². The molecule has 0 aromatic rings. The minimum atomic E-state index is -0.699. The summed E-state index contributed by atoms with van der Waals surface area (Å²) in [5, 5.41) is 8.76. The van der Waals surface area contributed by atoms with Crippen LogP contribution in [0.4, 0.5) is 0 Å². The van der Waals surface area contributed by atoms with Gasteiger partial charge in [0.25, 0.3) is 0 Å². The van der Waals surface area contributed by atoms with Crippen molar-refractivity contribution in [2.45, 2.75) is 213 Å². The van der Waals surface area contributed by atoms with Crippen LogP contribution in [-0.4, -0.2) is 23.1 Å². The molecule has 0 saturated carbocycles. The van der Waals surface area contributed by atoms with Crippen LogP contribution in [0.25, 0.3) is 0 Å². The third-order valence-electron chi connectivity index (χ3n) is 8.08. The summed E-state index contributed by atoms with van der Waals surface area (Å²) in [6.07, 6.45) is 35.5. The van der Waals surface area contributed by atoms with Gasteiger partial charge in [0.1, 0.15) is 6.10 Å². The van der Waals surface area contributed by atoms with Crippen LogP contribution in [0.5, 0.6) is 0 Å². The lowest BCUT2D eigenvalue weighted by Crippen LogP contribution is -2.18. The number of hydrogen-bond donors (Lipinski definition) is 1. The molecule has 0 bridgehead atoms. The van der Waals surface area contributed by atoms with Crippen LogP contribution in [0.3, 0.4) is 0 Å². The highest BCUT2D eigenvalue weighted by Crippen LogP contribution is 2.19. The molecule has 39 heavy (non-hydrogen) atoms. The van der Waals surface area contributed by atoms with Crippen molar-refractivity contribution in [2.75, 3.05) is 0 Å². The molecule has 0 aliphatic carbocycles. The van der Waals surface area contributed by atoms with Crippen molar-refractivity contribution in [1.82, 2.24) is 0 Å². The third kappa shape index (κ3) is 31.3. The Hall–Kier alpha value is -1.06. The van der Waals surface area contributed by atoms with Gasteiger partial charge in [-0.05, 0) is 38.5 Å². The van der Waals surface area contributed by atoms with E-state index in [4.69, 9.17) is 9.84 Å². The molecule has 0 saturated heterocycles. The van der Waals surface area contributed by atoms with Gasteiger partial charge in [0, 0.05) is 12.8 Å². The van der Waals surface area contributed by atoms with Gasteiger partial charge in [0.05, 0.1) is 0 Å². The Morgan fingerprint density at radius 3 is 1.13 bits per heavy atom. The molecule has 0 amide bonds. The zero-order chi connectivity index (χ0) is 28.7. The number of carboxylic acid groups (broad SMARTS) is 1. The van der Waals surface area contributed by atoms with E-state index >= 15 is 0 Å². The van der Waals surface area contributed by atoms with Crippen molar-refractivity contribution < 1.29 is 19.4 Å². The molecule has 1 N–H and O–H groups in total. The zero-order valence-corrected chi connectivity index (χ0v) is 26.5. The van der Waals surface area contributed by atoms with E-state index in [-0.39, 0.29) is 18.5 Å². The van der Waals surface area contributed by atoms with Crippen LogP contribution in [0, 0.1) is 0 Å². The maximum atomic E-state index is 12.5. The van der Waals surface area contributed by atoms with Crippen LogP contribution >= 0.6 is 0 Å². The summed E-state index contributed by atoms with van der Waals surface area (Å²) in [6.45, 7) is 4.53. The summed E-state index contributed by atoms with van der Waals surface area (Å²) in [6, 6.07) is 0. The predicted molar refractivity (Wildman–Crippen MR) is 167 cm³/mol. The van der Waals surface area contributed by atoms with Gasteiger partial charge < -0.3 is 9.84 Å². The molecule has 1 atom stereocenters. The number of unbranched alkanes of at least 4 members (excludes halogenated alkanes) is 23. The Morgan fingerprint density at radius 1 is 0.462 bits per heavy atom. The van der Waals surface area contributed by atoms with E-state index in [1.807, 2.05) is 0 Å². The fourth-order valence-corrected chi connectivity index (χ4v) is 5.48. The topological polar surface area (TPSA) is 63.6 Å². The molecule has 0 aliphatic heterocycles. The Balaban J connectivity index is 3.85. The number of carbonyl (C=O) groups excluding carboxylic acids is 1. The summed E-state index contributed by atoms with van der Waals surface area (Å²) in [7, 11) is 0. The lowest BCUT2D eigenvalue weighted by atomic mass is 10.0. The molecular formula is C35H68O4. The molecule has 0 aromatic heterocycles. The van der Waals surface area contributed by atoms with Crippen LogP contribution in [0.2, 0.25) is 0 Å².